The van der Waals surface area contributed by atoms with Crippen molar-refractivity contribution < 1.29 is 4.52 Å². The van der Waals surface area contributed by atoms with Gasteiger partial charge in [0.1, 0.15) is 5.76 Å². The van der Waals surface area contributed by atoms with Crippen molar-refractivity contribution in [3.63, 3.8) is 0 Å². The van der Waals surface area contributed by atoms with Gasteiger partial charge in [0, 0.05) is 17.3 Å². The van der Waals surface area contributed by atoms with Gasteiger partial charge >= 0.3 is 0 Å². The molecule has 0 atom stereocenters. The first-order valence-electron chi connectivity index (χ1n) is 4.94. The molecule has 0 spiro atoms. The number of aryl methyl sites for hydroxylation is 1. The van der Waals surface area contributed by atoms with E-state index in [-0.39, 0.29) is 0 Å². The van der Waals surface area contributed by atoms with Gasteiger partial charge in [0.25, 0.3) is 0 Å². The zero-order valence-corrected chi connectivity index (χ0v) is 9.27. The van der Waals surface area contributed by atoms with Crippen molar-refractivity contribution in [2.24, 2.45) is 0 Å². The topological polar surface area (TPSA) is 26.0 Å². The Morgan fingerprint density at radius 1 is 1.15 bits per heavy atom. The van der Waals surface area contributed by atoms with Crippen LogP contribution in [0.5, 0.6) is 0 Å². The number of fused-ring (bicyclic) bond motifs is 1. The molecule has 0 N–H and O–H groups in total. The molecule has 1 aliphatic carbocycles. The van der Waals surface area contributed by atoms with E-state index < -0.39 is 0 Å². The molecule has 1 aliphatic rings. The Labute approximate surface area is 86.8 Å². The molecular weight excluding hydrogens is 230 g/mol. The quantitative estimate of drug-likeness (QED) is 0.709. The smallest absolute Gasteiger partial charge is 0.140 e. The van der Waals surface area contributed by atoms with Crippen molar-refractivity contribution >= 4 is 15.9 Å². The predicted octanol–water partition coefficient (Wildman–Crippen LogP) is 3.23. The summed E-state index contributed by atoms with van der Waals surface area (Å²) in [5.74, 6) is 1.13. The first-order chi connectivity index (χ1) is 6.42. The molecule has 3 heteroatoms. The van der Waals surface area contributed by atoms with Gasteiger partial charge in [-0.25, -0.2) is 0 Å². The summed E-state index contributed by atoms with van der Waals surface area (Å²) in [6, 6.07) is 0. The fourth-order valence-corrected chi connectivity index (χ4v) is 2.35. The minimum atomic E-state index is 0.825. The van der Waals surface area contributed by atoms with Gasteiger partial charge in [0.15, 0.2) is 0 Å². The largest absolute Gasteiger partial charge is 0.361 e. The van der Waals surface area contributed by atoms with Crippen LogP contribution in [-0.4, -0.2) is 5.16 Å². The van der Waals surface area contributed by atoms with Gasteiger partial charge in [-0.05, 0) is 19.3 Å². The van der Waals surface area contributed by atoms with Crippen LogP contribution < -0.4 is 0 Å². The van der Waals surface area contributed by atoms with Gasteiger partial charge in [-0.2, -0.15) is 0 Å². The Morgan fingerprint density at radius 2 is 1.92 bits per heavy atom. The van der Waals surface area contributed by atoms with Gasteiger partial charge in [-0.3, -0.25) is 0 Å². The molecule has 0 aliphatic heterocycles. The SMILES string of the molecule is BrCc1noc2c1CCCCCC2. The lowest BCUT2D eigenvalue weighted by Crippen LogP contribution is -1.98. The number of aromatic nitrogens is 1. The number of halogens is 1. The first-order valence-corrected chi connectivity index (χ1v) is 6.06. The fourth-order valence-electron chi connectivity index (χ4n) is 1.91. The number of hydrogen-bond donors (Lipinski definition) is 0. The maximum atomic E-state index is 5.33. The van der Waals surface area contributed by atoms with Gasteiger partial charge in [-0.1, -0.05) is 33.9 Å². The van der Waals surface area contributed by atoms with E-state index in [0.717, 1.165) is 29.6 Å². The Hall–Kier alpha value is -0.310. The van der Waals surface area contributed by atoms with Gasteiger partial charge in [0.05, 0.1) is 5.69 Å². The van der Waals surface area contributed by atoms with Crippen LogP contribution in [0.3, 0.4) is 0 Å². The second-order valence-electron chi connectivity index (χ2n) is 3.58. The molecule has 0 aromatic carbocycles. The predicted molar refractivity (Wildman–Crippen MR) is 55.0 cm³/mol. The van der Waals surface area contributed by atoms with Crippen molar-refractivity contribution in [2.45, 2.75) is 43.9 Å². The minimum Gasteiger partial charge on any atom is -0.361 e. The van der Waals surface area contributed by atoms with E-state index in [9.17, 15) is 0 Å². The van der Waals surface area contributed by atoms with Crippen molar-refractivity contribution in [2.75, 3.05) is 0 Å². The van der Waals surface area contributed by atoms with Crippen molar-refractivity contribution in [1.29, 1.82) is 0 Å². The summed E-state index contributed by atoms with van der Waals surface area (Å²) < 4.78 is 5.33. The molecule has 0 saturated heterocycles. The van der Waals surface area contributed by atoms with Gasteiger partial charge in [-0.15, -0.1) is 0 Å². The minimum absolute atomic E-state index is 0.825. The van der Waals surface area contributed by atoms with Crippen LogP contribution in [0.15, 0.2) is 4.52 Å². The van der Waals surface area contributed by atoms with Crippen LogP contribution in [-0.2, 0) is 18.2 Å². The van der Waals surface area contributed by atoms with Crippen LogP contribution in [0, 0.1) is 0 Å². The standard InChI is InChI=1S/C10H14BrNO/c11-7-9-8-5-3-1-2-4-6-10(8)13-12-9/h1-7H2. The van der Waals surface area contributed by atoms with Crippen LogP contribution in [0.1, 0.15) is 42.7 Å². The third kappa shape index (κ3) is 1.96. The summed E-state index contributed by atoms with van der Waals surface area (Å²) in [6.45, 7) is 0. The molecule has 1 aromatic heterocycles. The molecule has 2 rings (SSSR count). The Kier molecular flexibility index (Phi) is 3.04. The summed E-state index contributed by atoms with van der Waals surface area (Å²) in [5.41, 5.74) is 2.48. The van der Waals surface area contributed by atoms with Crippen molar-refractivity contribution in [3.8, 4) is 0 Å². The lowest BCUT2D eigenvalue weighted by molar-refractivity contribution is 0.371. The second-order valence-corrected chi connectivity index (χ2v) is 4.14. The monoisotopic (exact) mass is 243 g/mol. The summed E-state index contributed by atoms with van der Waals surface area (Å²) >= 11 is 3.44. The average Bonchev–Trinajstić information content (AvgIpc) is 2.46. The normalized spacial score (nSPS) is 17.6. The highest BCUT2D eigenvalue weighted by Gasteiger charge is 2.15. The van der Waals surface area contributed by atoms with E-state index in [4.69, 9.17) is 4.52 Å². The Morgan fingerprint density at radius 3 is 2.69 bits per heavy atom. The lowest BCUT2D eigenvalue weighted by atomic mass is 9.98. The molecule has 0 fully saturated rings. The summed E-state index contributed by atoms with van der Waals surface area (Å²) in [6.07, 6.45) is 7.46. The molecule has 1 aromatic rings. The maximum Gasteiger partial charge on any atom is 0.140 e. The van der Waals surface area contributed by atoms with Gasteiger partial charge in [0.2, 0.25) is 0 Å². The molecule has 2 nitrogen and oxygen atoms in total. The Balaban J connectivity index is 2.25. The molecule has 0 radical (unpaired) electrons. The summed E-state index contributed by atoms with van der Waals surface area (Å²) in [7, 11) is 0. The summed E-state index contributed by atoms with van der Waals surface area (Å²) in [4.78, 5) is 0. The highest BCUT2D eigenvalue weighted by molar-refractivity contribution is 9.08. The average molecular weight is 244 g/mol. The van der Waals surface area contributed by atoms with Crippen molar-refractivity contribution in [1.82, 2.24) is 5.16 Å². The lowest BCUT2D eigenvalue weighted by Gasteiger charge is -2.07. The Bertz CT molecular complexity index is 282. The maximum absolute atomic E-state index is 5.33. The molecule has 1 heterocycles. The van der Waals surface area contributed by atoms with Crippen LogP contribution in [0.4, 0.5) is 0 Å². The van der Waals surface area contributed by atoms with E-state index in [1.54, 1.807) is 0 Å². The third-order valence-electron chi connectivity index (χ3n) is 2.66. The highest BCUT2D eigenvalue weighted by Crippen LogP contribution is 2.24. The molecule has 72 valence electrons. The summed E-state index contributed by atoms with van der Waals surface area (Å²) in [5, 5.41) is 4.90. The van der Waals surface area contributed by atoms with E-state index in [0.29, 0.717) is 0 Å². The van der Waals surface area contributed by atoms with E-state index in [1.807, 2.05) is 0 Å². The molecule has 0 unspecified atom stereocenters. The van der Waals surface area contributed by atoms with Crippen LogP contribution in [0.25, 0.3) is 0 Å². The number of rotatable bonds is 1. The third-order valence-corrected chi connectivity index (χ3v) is 3.19. The zero-order chi connectivity index (χ0) is 9.10. The van der Waals surface area contributed by atoms with Gasteiger partial charge < -0.3 is 4.52 Å². The second kappa shape index (κ2) is 4.27. The number of alkyl halides is 1. The number of nitrogens with zero attached hydrogens (tertiary/aromatic N) is 1. The van der Waals surface area contributed by atoms with Crippen molar-refractivity contribution in [3.05, 3.63) is 17.0 Å². The molecule has 0 amide bonds. The molecule has 13 heavy (non-hydrogen) atoms. The number of hydrogen-bond acceptors (Lipinski definition) is 2. The molecular formula is C10H14BrNO. The van der Waals surface area contributed by atoms with E-state index in [1.165, 1.54) is 31.2 Å². The zero-order valence-electron chi connectivity index (χ0n) is 7.68. The van der Waals surface area contributed by atoms with E-state index >= 15 is 0 Å². The molecule has 0 bridgehead atoms. The highest BCUT2D eigenvalue weighted by atomic mass is 79.9. The molecule has 0 saturated carbocycles. The van der Waals surface area contributed by atoms with E-state index in [2.05, 4.69) is 21.1 Å². The van der Waals surface area contributed by atoms with Crippen LogP contribution >= 0.6 is 15.9 Å². The van der Waals surface area contributed by atoms with Crippen LogP contribution in [0.2, 0.25) is 0 Å². The first kappa shape index (κ1) is 9.25. The fraction of sp³-hybridized carbons (Fsp3) is 0.700.